The van der Waals surface area contributed by atoms with Gasteiger partial charge in [0.2, 0.25) is 11.8 Å². The van der Waals surface area contributed by atoms with E-state index in [1.807, 2.05) is 4.90 Å². The number of halogens is 3. The molecule has 0 bridgehead atoms. The molecule has 1 atom stereocenters. The van der Waals surface area contributed by atoms with Gasteiger partial charge in [-0.2, -0.15) is 8.78 Å². The summed E-state index contributed by atoms with van der Waals surface area (Å²) in [5.41, 5.74) is 0.169. The Morgan fingerprint density at radius 1 is 1.23 bits per heavy atom. The van der Waals surface area contributed by atoms with Crippen LogP contribution in [0.25, 0.3) is 0 Å². The number of pyridine rings is 1. The predicted molar refractivity (Wildman–Crippen MR) is 109 cm³/mol. The number of anilines is 2. The summed E-state index contributed by atoms with van der Waals surface area (Å²) in [4.78, 5) is 30.8. The average molecular weight is 439 g/mol. The van der Waals surface area contributed by atoms with Crippen molar-refractivity contribution in [2.75, 3.05) is 30.3 Å². The zero-order chi connectivity index (χ0) is 21.5. The molecular formula is C20H21ClF2N4O3. The molecule has 0 radical (unpaired) electrons. The zero-order valence-corrected chi connectivity index (χ0v) is 16.7. The van der Waals surface area contributed by atoms with Crippen LogP contribution in [-0.4, -0.2) is 47.9 Å². The summed E-state index contributed by atoms with van der Waals surface area (Å²) in [7, 11) is 0. The number of amides is 2. The van der Waals surface area contributed by atoms with Crippen LogP contribution in [0.5, 0.6) is 5.75 Å². The fourth-order valence-corrected chi connectivity index (χ4v) is 3.36. The SMILES string of the molecule is O=C(CN1CCCC(C(=O)Nc2ccc(Cl)cn2)C1)Nc1ccccc1OC(F)F. The van der Waals surface area contributed by atoms with Gasteiger partial charge in [0.05, 0.1) is 23.2 Å². The summed E-state index contributed by atoms with van der Waals surface area (Å²) in [6.45, 7) is -1.89. The minimum absolute atomic E-state index is 0.0337. The fourth-order valence-electron chi connectivity index (χ4n) is 3.25. The summed E-state index contributed by atoms with van der Waals surface area (Å²) in [6, 6.07) is 9.25. The Balaban J connectivity index is 1.54. The number of ether oxygens (including phenoxy) is 1. The number of benzene rings is 1. The highest BCUT2D eigenvalue weighted by atomic mass is 35.5. The lowest BCUT2D eigenvalue weighted by molar-refractivity contribution is -0.123. The largest absolute Gasteiger partial charge is 0.433 e. The number of carbonyl (C=O) groups is 2. The highest BCUT2D eigenvalue weighted by Crippen LogP contribution is 2.25. The monoisotopic (exact) mass is 438 g/mol. The third-order valence-corrected chi connectivity index (χ3v) is 4.82. The normalized spacial score (nSPS) is 16.9. The molecule has 0 aliphatic carbocycles. The Bertz CT molecular complexity index is 883. The molecule has 0 saturated carbocycles. The van der Waals surface area contributed by atoms with Crippen LogP contribution in [-0.2, 0) is 9.59 Å². The number of aromatic nitrogens is 1. The average Bonchev–Trinajstić information content (AvgIpc) is 2.71. The van der Waals surface area contributed by atoms with Gasteiger partial charge in [0.15, 0.2) is 0 Å². The molecule has 2 heterocycles. The quantitative estimate of drug-likeness (QED) is 0.689. The van der Waals surface area contributed by atoms with Crippen LogP contribution in [0.2, 0.25) is 5.02 Å². The number of piperidine rings is 1. The maximum Gasteiger partial charge on any atom is 0.387 e. The second kappa shape index (κ2) is 10.3. The smallest absolute Gasteiger partial charge is 0.387 e. The van der Waals surface area contributed by atoms with Crippen LogP contribution in [0.4, 0.5) is 20.3 Å². The van der Waals surface area contributed by atoms with E-state index in [0.717, 1.165) is 6.42 Å². The summed E-state index contributed by atoms with van der Waals surface area (Å²) < 4.78 is 29.4. The van der Waals surface area contributed by atoms with E-state index in [2.05, 4.69) is 20.4 Å². The van der Waals surface area contributed by atoms with Crippen LogP contribution < -0.4 is 15.4 Å². The van der Waals surface area contributed by atoms with Crippen molar-refractivity contribution in [3.8, 4) is 5.75 Å². The van der Waals surface area contributed by atoms with E-state index in [1.54, 1.807) is 18.2 Å². The molecule has 1 aliphatic heterocycles. The number of alkyl halides is 2. The number of rotatable bonds is 7. The summed E-state index contributed by atoms with van der Waals surface area (Å²) in [5.74, 6) is -0.535. The number of para-hydroxylation sites is 2. The van der Waals surface area contributed by atoms with Gasteiger partial charge in [-0.15, -0.1) is 0 Å². The molecule has 2 N–H and O–H groups in total. The number of nitrogens with one attached hydrogen (secondary N) is 2. The summed E-state index contributed by atoms with van der Waals surface area (Å²) >= 11 is 5.79. The van der Waals surface area contributed by atoms with Gasteiger partial charge in [-0.25, -0.2) is 4.98 Å². The summed E-state index contributed by atoms with van der Waals surface area (Å²) in [6.07, 6.45) is 2.90. The van der Waals surface area contributed by atoms with Gasteiger partial charge in [0, 0.05) is 12.7 Å². The van der Waals surface area contributed by atoms with E-state index in [1.165, 1.54) is 24.4 Å². The molecule has 10 heteroatoms. The van der Waals surface area contributed by atoms with Crippen LogP contribution in [0, 0.1) is 5.92 Å². The highest BCUT2D eigenvalue weighted by molar-refractivity contribution is 6.30. The number of hydrogen-bond acceptors (Lipinski definition) is 5. The minimum atomic E-state index is -2.99. The molecular weight excluding hydrogens is 418 g/mol. The molecule has 1 aliphatic rings. The standard InChI is InChI=1S/C20H21ClF2N4O3/c21-14-7-8-17(24-10-14)26-19(29)13-4-3-9-27(11-13)12-18(28)25-15-5-1-2-6-16(15)30-20(22)23/h1-2,5-8,10,13,20H,3-4,9,11-12H2,(H,25,28)(H,24,26,29). The van der Waals surface area contributed by atoms with Crippen LogP contribution >= 0.6 is 11.6 Å². The van der Waals surface area contributed by atoms with Crippen LogP contribution in [0.1, 0.15) is 12.8 Å². The van der Waals surface area contributed by atoms with Gasteiger partial charge in [-0.3, -0.25) is 14.5 Å². The second-order valence-corrected chi connectivity index (χ2v) is 7.28. The van der Waals surface area contributed by atoms with Gasteiger partial charge in [0.1, 0.15) is 11.6 Å². The molecule has 7 nitrogen and oxygen atoms in total. The van der Waals surface area contributed by atoms with Crippen molar-refractivity contribution in [3.63, 3.8) is 0 Å². The Morgan fingerprint density at radius 3 is 2.77 bits per heavy atom. The maximum absolute atomic E-state index is 12.5. The van der Waals surface area contributed by atoms with Crippen molar-refractivity contribution in [3.05, 3.63) is 47.6 Å². The van der Waals surface area contributed by atoms with Crippen LogP contribution in [0.15, 0.2) is 42.6 Å². The molecule has 1 aromatic carbocycles. The van der Waals surface area contributed by atoms with Crippen LogP contribution in [0.3, 0.4) is 0 Å². The molecule has 30 heavy (non-hydrogen) atoms. The van der Waals surface area contributed by atoms with E-state index in [9.17, 15) is 18.4 Å². The van der Waals surface area contributed by atoms with Gasteiger partial charge in [-0.05, 0) is 43.7 Å². The maximum atomic E-state index is 12.5. The van der Waals surface area contributed by atoms with Gasteiger partial charge < -0.3 is 15.4 Å². The molecule has 1 aromatic heterocycles. The molecule has 160 valence electrons. The Hall–Kier alpha value is -2.78. The van der Waals surface area contributed by atoms with Crippen molar-refractivity contribution in [1.82, 2.24) is 9.88 Å². The third-order valence-electron chi connectivity index (χ3n) is 4.60. The van der Waals surface area contributed by atoms with Crippen molar-refractivity contribution >= 4 is 34.9 Å². The molecule has 1 fully saturated rings. The molecule has 0 spiro atoms. The Morgan fingerprint density at radius 2 is 2.03 bits per heavy atom. The number of likely N-dealkylation sites (tertiary alicyclic amines) is 1. The number of hydrogen-bond donors (Lipinski definition) is 2. The Kier molecular flexibility index (Phi) is 7.53. The first-order valence-corrected chi connectivity index (χ1v) is 9.77. The number of carbonyl (C=O) groups excluding carboxylic acids is 2. The van der Waals surface area contributed by atoms with E-state index in [-0.39, 0.29) is 35.7 Å². The van der Waals surface area contributed by atoms with E-state index in [0.29, 0.717) is 30.4 Å². The second-order valence-electron chi connectivity index (χ2n) is 6.85. The van der Waals surface area contributed by atoms with Crippen molar-refractivity contribution in [2.24, 2.45) is 5.92 Å². The zero-order valence-electron chi connectivity index (χ0n) is 16.0. The topological polar surface area (TPSA) is 83.6 Å². The molecule has 1 saturated heterocycles. The highest BCUT2D eigenvalue weighted by Gasteiger charge is 2.27. The predicted octanol–water partition coefficient (Wildman–Crippen LogP) is 3.63. The lowest BCUT2D eigenvalue weighted by Gasteiger charge is -2.31. The molecule has 2 amide bonds. The van der Waals surface area contributed by atoms with Crippen molar-refractivity contribution in [2.45, 2.75) is 19.5 Å². The first-order chi connectivity index (χ1) is 14.4. The Labute approximate surface area is 177 Å². The lowest BCUT2D eigenvalue weighted by Crippen LogP contribution is -2.44. The molecule has 1 unspecified atom stereocenters. The van der Waals surface area contributed by atoms with E-state index in [4.69, 9.17) is 11.6 Å². The molecule has 3 rings (SSSR count). The van der Waals surface area contributed by atoms with Crippen molar-refractivity contribution in [1.29, 1.82) is 0 Å². The van der Waals surface area contributed by atoms with Gasteiger partial charge in [-0.1, -0.05) is 23.7 Å². The first-order valence-electron chi connectivity index (χ1n) is 9.39. The number of nitrogens with zero attached hydrogens (tertiary/aromatic N) is 2. The molecule has 2 aromatic rings. The third kappa shape index (κ3) is 6.36. The minimum Gasteiger partial charge on any atom is -0.433 e. The first kappa shape index (κ1) is 21.9. The summed E-state index contributed by atoms with van der Waals surface area (Å²) in [5, 5.41) is 5.82. The van der Waals surface area contributed by atoms with E-state index < -0.39 is 6.61 Å². The fraction of sp³-hybridized carbons (Fsp3) is 0.350. The van der Waals surface area contributed by atoms with Gasteiger partial charge in [0.25, 0.3) is 0 Å². The van der Waals surface area contributed by atoms with Gasteiger partial charge >= 0.3 is 6.61 Å². The van der Waals surface area contributed by atoms with E-state index >= 15 is 0 Å². The lowest BCUT2D eigenvalue weighted by atomic mass is 9.97. The van der Waals surface area contributed by atoms with Crippen molar-refractivity contribution < 1.29 is 23.1 Å².